The monoisotopic (exact) mass is 223 g/mol. The molecule has 16 heavy (non-hydrogen) atoms. The van der Waals surface area contributed by atoms with E-state index in [1.54, 1.807) is 11.0 Å². The van der Waals surface area contributed by atoms with E-state index in [-0.39, 0.29) is 18.6 Å². The van der Waals surface area contributed by atoms with Crippen molar-refractivity contribution in [2.24, 2.45) is 0 Å². The van der Waals surface area contributed by atoms with Crippen molar-refractivity contribution in [3.63, 3.8) is 0 Å². The maximum atomic E-state index is 13.0. The number of benzene rings is 1. The fourth-order valence-corrected chi connectivity index (χ4v) is 2.08. The number of rotatable bonds is 2. The highest BCUT2D eigenvalue weighted by atomic mass is 19.1. The molecule has 3 nitrogen and oxygen atoms in total. The molecule has 0 spiro atoms. The second kappa shape index (κ2) is 4.61. The van der Waals surface area contributed by atoms with Crippen LogP contribution in [0.3, 0.4) is 0 Å². The quantitative estimate of drug-likeness (QED) is 0.823. The molecule has 1 amide bonds. The summed E-state index contributed by atoms with van der Waals surface area (Å²) in [5.74, 6) is -0.610. The predicted molar refractivity (Wildman–Crippen MR) is 57.5 cm³/mol. The standard InChI is InChI=1S/C12H14FNO2/c13-10-4-1-3-9(7-10)12(16)14-6-2-5-11(14)8-15/h1,3-4,7,11,15H,2,5-6,8H2. The first-order valence-corrected chi connectivity index (χ1v) is 5.40. The van der Waals surface area contributed by atoms with E-state index in [1.165, 1.54) is 18.2 Å². The Bertz CT molecular complexity index is 394. The third kappa shape index (κ3) is 2.07. The summed E-state index contributed by atoms with van der Waals surface area (Å²) < 4.78 is 13.0. The molecule has 1 saturated heterocycles. The van der Waals surface area contributed by atoms with Gasteiger partial charge in [-0.15, -0.1) is 0 Å². The van der Waals surface area contributed by atoms with Gasteiger partial charge in [0.05, 0.1) is 12.6 Å². The first-order chi connectivity index (χ1) is 7.72. The zero-order valence-electron chi connectivity index (χ0n) is 8.90. The van der Waals surface area contributed by atoms with Gasteiger partial charge in [-0.25, -0.2) is 4.39 Å². The molecule has 1 atom stereocenters. The van der Waals surface area contributed by atoms with Crippen molar-refractivity contribution in [1.29, 1.82) is 0 Å². The van der Waals surface area contributed by atoms with Gasteiger partial charge in [-0.3, -0.25) is 4.79 Å². The Morgan fingerprint density at radius 1 is 1.56 bits per heavy atom. The normalized spacial score (nSPS) is 20.1. The summed E-state index contributed by atoms with van der Waals surface area (Å²) in [5, 5.41) is 9.12. The topological polar surface area (TPSA) is 40.5 Å². The van der Waals surface area contributed by atoms with Gasteiger partial charge >= 0.3 is 0 Å². The minimum Gasteiger partial charge on any atom is -0.394 e. The van der Waals surface area contributed by atoms with E-state index >= 15 is 0 Å². The molecule has 0 radical (unpaired) electrons. The lowest BCUT2D eigenvalue weighted by molar-refractivity contribution is 0.0677. The maximum Gasteiger partial charge on any atom is 0.254 e. The van der Waals surface area contributed by atoms with Gasteiger partial charge < -0.3 is 10.0 Å². The van der Waals surface area contributed by atoms with Crippen LogP contribution in [0.1, 0.15) is 23.2 Å². The van der Waals surface area contributed by atoms with Crippen molar-refractivity contribution in [2.75, 3.05) is 13.2 Å². The summed E-state index contributed by atoms with van der Waals surface area (Å²) in [4.78, 5) is 13.6. The predicted octanol–water partition coefficient (Wildman–Crippen LogP) is 1.42. The van der Waals surface area contributed by atoms with E-state index in [1.807, 2.05) is 0 Å². The summed E-state index contributed by atoms with van der Waals surface area (Å²) in [7, 11) is 0. The number of hydrogen-bond acceptors (Lipinski definition) is 2. The molecule has 0 saturated carbocycles. The van der Waals surface area contributed by atoms with Crippen LogP contribution in [-0.4, -0.2) is 35.1 Å². The van der Waals surface area contributed by atoms with Crippen molar-refractivity contribution in [3.05, 3.63) is 35.6 Å². The van der Waals surface area contributed by atoms with Crippen molar-refractivity contribution < 1.29 is 14.3 Å². The van der Waals surface area contributed by atoms with Crippen LogP contribution in [0.2, 0.25) is 0 Å². The first kappa shape index (κ1) is 11.1. The number of likely N-dealkylation sites (tertiary alicyclic amines) is 1. The van der Waals surface area contributed by atoms with Crippen molar-refractivity contribution in [1.82, 2.24) is 4.90 Å². The fourth-order valence-electron chi connectivity index (χ4n) is 2.08. The molecule has 1 heterocycles. The van der Waals surface area contributed by atoms with Gasteiger partial charge in [0.2, 0.25) is 0 Å². The molecular weight excluding hydrogens is 209 g/mol. The highest BCUT2D eigenvalue weighted by Crippen LogP contribution is 2.19. The Balaban J connectivity index is 2.18. The molecule has 2 rings (SSSR count). The Morgan fingerprint density at radius 2 is 2.38 bits per heavy atom. The number of carbonyl (C=O) groups is 1. The molecule has 4 heteroatoms. The van der Waals surface area contributed by atoms with Crippen molar-refractivity contribution >= 4 is 5.91 Å². The number of halogens is 1. The molecule has 1 aliphatic rings. The van der Waals surface area contributed by atoms with Crippen LogP contribution < -0.4 is 0 Å². The third-order valence-corrected chi connectivity index (χ3v) is 2.92. The molecule has 1 aromatic carbocycles. The molecule has 0 bridgehead atoms. The number of aliphatic hydroxyl groups excluding tert-OH is 1. The molecule has 1 aromatic rings. The Labute approximate surface area is 93.5 Å². The van der Waals surface area contributed by atoms with Crippen LogP contribution >= 0.6 is 0 Å². The average Bonchev–Trinajstić information content (AvgIpc) is 2.76. The van der Waals surface area contributed by atoms with Crippen LogP contribution in [0.5, 0.6) is 0 Å². The summed E-state index contributed by atoms with van der Waals surface area (Å²) >= 11 is 0. The number of carbonyl (C=O) groups excluding carboxylic acids is 1. The summed E-state index contributed by atoms with van der Waals surface area (Å²) in [6.07, 6.45) is 1.71. The molecule has 1 fully saturated rings. The summed E-state index contributed by atoms with van der Waals surface area (Å²) in [6, 6.07) is 5.54. The van der Waals surface area contributed by atoms with E-state index in [0.29, 0.717) is 12.1 Å². The molecule has 0 aromatic heterocycles. The highest BCUT2D eigenvalue weighted by molar-refractivity contribution is 5.94. The van der Waals surface area contributed by atoms with Crippen molar-refractivity contribution in [2.45, 2.75) is 18.9 Å². The third-order valence-electron chi connectivity index (χ3n) is 2.92. The SMILES string of the molecule is O=C(c1cccc(F)c1)N1CCCC1CO. The first-order valence-electron chi connectivity index (χ1n) is 5.40. The Hall–Kier alpha value is -1.42. The Kier molecular flexibility index (Phi) is 3.19. The minimum absolute atomic E-state index is 0.0267. The highest BCUT2D eigenvalue weighted by Gasteiger charge is 2.28. The molecule has 1 unspecified atom stereocenters. The van der Waals surface area contributed by atoms with Crippen LogP contribution in [0.15, 0.2) is 24.3 Å². The van der Waals surface area contributed by atoms with E-state index in [0.717, 1.165) is 12.8 Å². The van der Waals surface area contributed by atoms with Gasteiger partial charge in [0.1, 0.15) is 5.82 Å². The lowest BCUT2D eigenvalue weighted by atomic mass is 10.1. The van der Waals surface area contributed by atoms with Crippen LogP contribution in [-0.2, 0) is 0 Å². The maximum absolute atomic E-state index is 13.0. The number of aliphatic hydroxyl groups is 1. The van der Waals surface area contributed by atoms with Gasteiger partial charge in [0.25, 0.3) is 5.91 Å². The van der Waals surface area contributed by atoms with E-state index in [9.17, 15) is 9.18 Å². The van der Waals surface area contributed by atoms with Gasteiger partial charge in [0, 0.05) is 12.1 Å². The van der Waals surface area contributed by atoms with E-state index in [2.05, 4.69) is 0 Å². The summed E-state index contributed by atoms with van der Waals surface area (Å²) in [6.45, 7) is 0.613. The fraction of sp³-hybridized carbons (Fsp3) is 0.417. The number of hydrogen-bond donors (Lipinski definition) is 1. The van der Waals surface area contributed by atoms with Crippen LogP contribution in [0, 0.1) is 5.82 Å². The van der Waals surface area contributed by atoms with Gasteiger partial charge in [0.15, 0.2) is 0 Å². The largest absolute Gasteiger partial charge is 0.394 e. The van der Waals surface area contributed by atoms with Crippen LogP contribution in [0.25, 0.3) is 0 Å². The lowest BCUT2D eigenvalue weighted by Crippen LogP contribution is -2.37. The van der Waals surface area contributed by atoms with E-state index in [4.69, 9.17) is 5.11 Å². The van der Waals surface area contributed by atoms with Crippen molar-refractivity contribution in [3.8, 4) is 0 Å². The second-order valence-corrected chi connectivity index (χ2v) is 3.99. The number of nitrogens with zero attached hydrogens (tertiary/aromatic N) is 1. The molecule has 86 valence electrons. The van der Waals surface area contributed by atoms with E-state index < -0.39 is 5.82 Å². The lowest BCUT2D eigenvalue weighted by Gasteiger charge is -2.22. The molecular formula is C12H14FNO2. The Morgan fingerprint density at radius 3 is 3.06 bits per heavy atom. The average molecular weight is 223 g/mol. The zero-order valence-corrected chi connectivity index (χ0v) is 8.90. The molecule has 1 aliphatic heterocycles. The van der Waals surface area contributed by atoms with Gasteiger partial charge in [-0.2, -0.15) is 0 Å². The minimum atomic E-state index is -0.411. The number of amides is 1. The zero-order chi connectivity index (χ0) is 11.5. The van der Waals surface area contributed by atoms with Gasteiger partial charge in [-0.1, -0.05) is 6.07 Å². The van der Waals surface area contributed by atoms with Crippen LogP contribution in [0.4, 0.5) is 4.39 Å². The summed E-state index contributed by atoms with van der Waals surface area (Å²) in [5.41, 5.74) is 0.348. The second-order valence-electron chi connectivity index (χ2n) is 3.99. The molecule has 0 aliphatic carbocycles. The smallest absolute Gasteiger partial charge is 0.254 e. The van der Waals surface area contributed by atoms with Gasteiger partial charge in [-0.05, 0) is 31.0 Å². The molecule has 1 N–H and O–H groups in total.